The molecule has 2 rings (SSSR count). The zero-order chi connectivity index (χ0) is 17.3. The van der Waals surface area contributed by atoms with E-state index in [9.17, 15) is 9.59 Å². The Morgan fingerprint density at radius 2 is 1.91 bits per heavy atom. The van der Waals surface area contributed by atoms with Crippen LogP contribution in [-0.4, -0.2) is 41.5 Å². The molecule has 0 atom stereocenters. The van der Waals surface area contributed by atoms with Crippen LogP contribution < -0.4 is 10.1 Å². The van der Waals surface area contributed by atoms with Gasteiger partial charge in [-0.2, -0.15) is 0 Å². The number of ether oxygens (including phenoxy) is 1. The molecule has 7 heteroatoms. The van der Waals surface area contributed by atoms with Crippen molar-refractivity contribution < 1.29 is 14.3 Å². The monoisotopic (exact) mass is 352 g/mol. The van der Waals surface area contributed by atoms with Crippen molar-refractivity contribution in [1.29, 1.82) is 0 Å². The van der Waals surface area contributed by atoms with Crippen molar-refractivity contribution >= 4 is 43.0 Å². The van der Waals surface area contributed by atoms with Crippen LogP contribution in [0.3, 0.4) is 0 Å². The van der Waals surface area contributed by atoms with Crippen LogP contribution in [0.15, 0.2) is 34.7 Å². The van der Waals surface area contributed by atoms with E-state index >= 15 is 0 Å². The molecule has 23 heavy (non-hydrogen) atoms. The largest absolute Gasteiger partial charge is 0.426 e. The second kappa shape index (κ2) is 5.90. The lowest BCUT2D eigenvalue weighted by molar-refractivity contribution is -0.131. The number of esters is 1. The molecule has 124 valence electrons. The molecule has 1 heterocycles. The van der Waals surface area contributed by atoms with Gasteiger partial charge in [0.25, 0.3) is 5.91 Å². The first-order valence-corrected chi connectivity index (χ1v) is 11.0. The Hall–Kier alpha value is -1.99. The summed E-state index contributed by atoms with van der Waals surface area (Å²) in [5, 5.41) is 3.25. The number of aromatic nitrogens is 1. The summed E-state index contributed by atoms with van der Waals surface area (Å²) in [5.74, 6) is 3.66. The summed E-state index contributed by atoms with van der Waals surface area (Å²) in [4.78, 5) is 27.8. The number of carbonyl (C=O) groups excluding carboxylic acids is 2. The van der Waals surface area contributed by atoms with Gasteiger partial charge in [0.05, 0.1) is 16.0 Å². The molecule has 0 unspecified atom stereocenters. The number of nitrogens with zero attached hydrogens (tertiary/aromatic N) is 1. The first kappa shape index (κ1) is 17.4. The molecule has 0 bridgehead atoms. The fourth-order valence-electron chi connectivity index (χ4n) is 1.73. The molecular formula is C16H20N2O3S2. The smallest absolute Gasteiger partial charge is 0.308 e. The van der Waals surface area contributed by atoms with E-state index in [-0.39, 0.29) is 17.2 Å². The third-order valence-corrected chi connectivity index (χ3v) is 7.24. The summed E-state index contributed by atoms with van der Waals surface area (Å²) < 4.78 is 6.12. The van der Waals surface area contributed by atoms with E-state index < -0.39 is 14.7 Å². The van der Waals surface area contributed by atoms with Crippen molar-refractivity contribution in [2.45, 2.75) is 11.1 Å². The van der Waals surface area contributed by atoms with Crippen LogP contribution in [0.4, 0.5) is 5.13 Å². The van der Waals surface area contributed by atoms with E-state index in [0.717, 1.165) is 4.21 Å². The number of hydrogen-bond acceptors (Lipinski definition) is 5. The van der Waals surface area contributed by atoms with E-state index in [4.69, 9.17) is 4.74 Å². The highest BCUT2D eigenvalue weighted by molar-refractivity contribution is 8.45. The highest BCUT2D eigenvalue weighted by Gasteiger charge is 2.20. The average molecular weight is 352 g/mol. The first-order chi connectivity index (χ1) is 10.5. The fraction of sp³-hybridized carbons (Fsp3) is 0.250. The number of thiazole rings is 1. The molecule has 0 aliphatic heterocycles. The zero-order valence-electron chi connectivity index (χ0n) is 13.6. The van der Waals surface area contributed by atoms with Crippen LogP contribution in [-0.2, 0) is 4.79 Å². The molecule has 0 aliphatic rings. The summed E-state index contributed by atoms with van der Waals surface area (Å²) in [6.45, 7) is 1.29. The van der Waals surface area contributed by atoms with Gasteiger partial charge in [-0.15, -0.1) is 0 Å². The number of hydrogen-bond donors (Lipinski definition) is 1. The van der Waals surface area contributed by atoms with Crippen molar-refractivity contribution in [3.63, 3.8) is 0 Å². The molecule has 0 spiro atoms. The molecule has 5 nitrogen and oxygen atoms in total. The lowest BCUT2D eigenvalue weighted by Crippen LogP contribution is -2.14. The van der Waals surface area contributed by atoms with Gasteiger partial charge in [-0.3, -0.25) is 14.9 Å². The summed E-state index contributed by atoms with van der Waals surface area (Å²) in [7, 11) is -1.91. The zero-order valence-corrected chi connectivity index (χ0v) is 15.2. The minimum absolute atomic E-state index is 0.228. The second-order valence-corrected chi connectivity index (χ2v) is 13.8. The molecule has 0 radical (unpaired) electrons. The third-order valence-electron chi connectivity index (χ3n) is 2.84. The molecular weight excluding hydrogens is 332 g/mol. The molecule has 1 aromatic carbocycles. The van der Waals surface area contributed by atoms with Gasteiger partial charge in [0, 0.05) is 6.92 Å². The summed E-state index contributed by atoms with van der Waals surface area (Å²) in [6, 6.07) is 6.59. The van der Waals surface area contributed by atoms with Crippen LogP contribution in [0.1, 0.15) is 17.3 Å². The molecule has 0 fully saturated rings. The number of nitrogens with one attached hydrogen (secondary N) is 1. The number of para-hydroxylation sites is 1. The van der Waals surface area contributed by atoms with Crippen LogP contribution in [0, 0.1) is 0 Å². The lowest BCUT2D eigenvalue weighted by Gasteiger charge is -2.33. The van der Waals surface area contributed by atoms with Gasteiger partial charge in [-0.1, -0.05) is 29.3 Å². The minimum atomic E-state index is -1.91. The molecule has 0 aliphatic carbocycles. The van der Waals surface area contributed by atoms with Crippen molar-refractivity contribution in [3.8, 4) is 5.75 Å². The van der Waals surface area contributed by atoms with Crippen LogP contribution in [0.25, 0.3) is 0 Å². The Morgan fingerprint density at radius 3 is 2.48 bits per heavy atom. The predicted molar refractivity (Wildman–Crippen MR) is 98.6 cm³/mol. The highest BCUT2D eigenvalue weighted by Crippen LogP contribution is 2.56. The second-order valence-electron chi connectivity index (χ2n) is 6.38. The van der Waals surface area contributed by atoms with Gasteiger partial charge in [0.2, 0.25) is 0 Å². The normalized spacial score (nSPS) is 13.0. The van der Waals surface area contributed by atoms with Gasteiger partial charge in [-0.05, 0) is 30.9 Å². The number of rotatable bonds is 4. The molecule has 1 N–H and O–H groups in total. The number of anilines is 1. The predicted octanol–water partition coefficient (Wildman–Crippen LogP) is 3.34. The maximum atomic E-state index is 12.4. The minimum Gasteiger partial charge on any atom is -0.426 e. The molecule has 1 aromatic heterocycles. The maximum Gasteiger partial charge on any atom is 0.308 e. The molecule has 0 saturated heterocycles. The Balaban J connectivity index is 2.24. The Bertz CT molecular complexity index is 822. The highest BCUT2D eigenvalue weighted by atomic mass is 32.3. The van der Waals surface area contributed by atoms with E-state index in [1.54, 1.807) is 30.5 Å². The number of carbonyl (C=O) groups is 2. The van der Waals surface area contributed by atoms with E-state index in [2.05, 4.69) is 34.9 Å². The van der Waals surface area contributed by atoms with Gasteiger partial charge >= 0.3 is 5.97 Å². The van der Waals surface area contributed by atoms with Crippen molar-refractivity contribution in [3.05, 3.63) is 36.0 Å². The average Bonchev–Trinajstić information content (AvgIpc) is 2.86. The van der Waals surface area contributed by atoms with Crippen molar-refractivity contribution in [2.75, 3.05) is 24.1 Å². The summed E-state index contributed by atoms with van der Waals surface area (Å²) in [5.41, 5.74) is 0.286. The Kier molecular flexibility index (Phi) is 4.45. The molecule has 2 aromatic rings. The van der Waals surface area contributed by atoms with Gasteiger partial charge < -0.3 is 4.74 Å². The van der Waals surface area contributed by atoms with Crippen LogP contribution >= 0.6 is 20.1 Å². The lowest BCUT2D eigenvalue weighted by atomic mass is 10.2. The summed E-state index contributed by atoms with van der Waals surface area (Å²) in [6.07, 6.45) is 8.07. The topological polar surface area (TPSA) is 68.3 Å². The van der Waals surface area contributed by atoms with E-state index in [0.29, 0.717) is 5.13 Å². The first-order valence-electron chi connectivity index (χ1n) is 6.79. The molecule has 1 amide bonds. The van der Waals surface area contributed by atoms with E-state index in [1.807, 2.05) is 0 Å². The van der Waals surface area contributed by atoms with Crippen molar-refractivity contribution in [2.24, 2.45) is 0 Å². The summed E-state index contributed by atoms with van der Waals surface area (Å²) >= 11 is 1.42. The van der Waals surface area contributed by atoms with Crippen molar-refractivity contribution in [1.82, 2.24) is 4.98 Å². The van der Waals surface area contributed by atoms with Crippen LogP contribution in [0.5, 0.6) is 5.75 Å². The standard InChI is InChI=1S/C16H20N2O3S2/c1-11(19)21-13-9-7-6-8-12(13)15(20)18-16-17-10-14(22-16)23(2,3,4)5/h6-10H,2H2,1,3-5H3,(H,17,18,20). The molecule has 0 saturated carbocycles. The number of amides is 1. The van der Waals surface area contributed by atoms with E-state index in [1.165, 1.54) is 18.3 Å². The Morgan fingerprint density at radius 1 is 1.26 bits per heavy atom. The quantitative estimate of drug-likeness (QED) is 0.520. The number of benzene rings is 1. The van der Waals surface area contributed by atoms with Crippen LogP contribution in [0.2, 0.25) is 0 Å². The van der Waals surface area contributed by atoms with Gasteiger partial charge in [0.15, 0.2) is 5.13 Å². The van der Waals surface area contributed by atoms with Gasteiger partial charge in [0.1, 0.15) is 5.75 Å². The maximum absolute atomic E-state index is 12.4. The Labute approximate surface area is 139 Å². The fourth-order valence-corrected chi connectivity index (χ4v) is 4.19. The van der Waals surface area contributed by atoms with Gasteiger partial charge in [-0.25, -0.2) is 13.7 Å². The SMILES string of the molecule is C=S(C)(C)(C)c1cnc(NC(=O)c2ccccc2OC(C)=O)s1. The third kappa shape index (κ3) is 4.49.